The van der Waals surface area contributed by atoms with Gasteiger partial charge in [0.25, 0.3) is 0 Å². The second-order valence-corrected chi connectivity index (χ2v) is 7.76. The van der Waals surface area contributed by atoms with Crippen LogP contribution in [0.4, 0.5) is 11.4 Å². The van der Waals surface area contributed by atoms with Gasteiger partial charge >= 0.3 is 0 Å². The molecule has 0 aliphatic heterocycles. The molecule has 0 bridgehead atoms. The molecule has 1 aromatic carbocycles. The smallest absolute Gasteiger partial charge is 0.238 e. The lowest BCUT2D eigenvalue weighted by molar-refractivity contribution is 0.597. The van der Waals surface area contributed by atoms with Crippen molar-refractivity contribution in [2.45, 2.75) is 18.4 Å². The van der Waals surface area contributed by atoms with E-state index < -0.39 is 10.0 Å². The van der Waals surface area contributed by atoms with Gasteiger partial charge in [0, 0.05) is 32.6 Å². The topological polar surface area (TPSA) is 98.2 Å². The van der Waals surface area contributed by atoms with E-state index in [4.69, 9.17) is 10.9 Å². The third-order valence-electron chi connectivity index (χ3n) is 2.76. The van der Waals surface area contributed by atoms with Crippen LogP contribution in [0, 0.1) is 6.92 Å². The van der Waals surface area contributed by atoms with Crippen molar-refractivity contribution in [1.82, 2.24) is 0 Å². The molecule has 0 atom stereocenters. The summed E-state index contributed by atoms with van der Waals surface area (Å²) in [6, 6.07) is 5.07. The van der Waals surface area contributed by atoms with E-state index in [-0.39, 0.29) is 4.90 Å². The van der Waals surface area contributed by atoms with Gasteiger partial charge in [-0.3, -0.25) is 0 Å². The van der Waals surface area contributed by atoms with Gasteiger partial charge in [0.15, 0.2) is 0 Å². The second kappa shape index (κ2) is 5.72. The van der Waals surface area contributed by atoms with E-state index >= 15 is 0 Å². The van der Waals surface area contributed by atoms with Gasteiger partial charge < -0.3 is 11.1 Å². The molecule has 1 aromatic heterocycles. The predicted molar refractivity (Wildman–Crippen MR) is 86.3 cm³/mol. The lowest BCUT2D eigenvalue weighted by atomic mass is 10.2. The number of hydrogen-bond acceptors (Lipinski definition) is 5. The molecule has 0 radical (unpaired) electrons. The van der Waals surface area contributed by atoms with E-state index in [0.29, 0.717) is 23.5 Å². The van der Waals surface area contributed by atoms with E-state index in [0.717, 1.165) is 9.35 Å². The zero-order chi connectivity index (χ0) is 14.9. The Morgan fingerprint density at radius 3 is 2.60 bits per heavy atom. The largest absolute Gasteiger partial charge is 0.399 e. The van der Waals surface area contributed by atoms with Gasteiger partial charge in [-0.2, -0.15) is 0 Å². The number of benzene rings is 1. The minimum absolute atomic E-state index is 0.0485. The number of thiophene rings is 1. The number of halogens is 1. The Balaban J connectivity index is 2.30. The average Bonchev–Trinajstić information content (AvgIpc) is 2.74. The summed E-state index contributed by atoms with van der Waals surface area (Å²) < 4.78 is 24.1. The minimum atomic E-state index is -3.78. The molecule has 0 unspecified atom stereocenters. The first-order valence-corrected chi connectivity index (χ1v) is 8.89. The molecule has 20 heavy (non-hydrogen) atoms. The molecule has 2 aromatic rings. The van der Waals surface area contributed by atoms with Crippen LogP contribution in [0.5, 0.6) is 0 Å². The Hall–Kier alpha value is -1.09. The Kier molecular flexibility index (Phi) is 4.38. The molecular weight excluding hydrogens is 362 g/mol. The third kappa shape index (κ3) is 3.51. The maximum absolute atomic E-state index is 11.5. The van der Waals surface area contributed by atoms with Gasteiger partial charge in [-0.25, -0.2) is 13.6 Å². The van der Waals surface area contributed by atoms with Crippen LogP contribution in [0.15, 0.2) is 32.9 Å². The molecule has 0 fully saturated rings. The Morgan fingerprint density at radius 1 is 1.35 bits per heavy atom. The summed E-state index contributed by atoms with van der Waals surface area (Å²) in [6.07, 6.45) is 0. The van der Waals surface area contributed by atoms with Crippen molar-refractivity contribution < 1.29 is 8.42 Å². The summed E-state index contributed by atoms with van der Waals surface area (Å²) in [7, 11) is -3.78. The molecule has 0 saturated heterocycles. The Labute approximate surface area is 130 Å². The zero-order valence-electron chi connectivity index (χ0n) is 10.7. The van der Waals surface area contributed by atoms with Gasteiger partial charge in [-0.15, -0.1) is 11.3 Å². The molecule has 0 spiro atoms. The van der Waals surface area contributed by atoms with Crippen molar-refractivity contribution >= 4 is 48.7 Å². The molecule has 0 saturated carbocycles. The minimum Gasteiger partial charge on any atom is -0.399 e. The molecule has 0 aliphatic carbocycles. The quantitative estimate of drug-likeness (QED) is 0.715. The highest BCUT2D eigenvalue weighted by molar-refractivity contribution is 9.10. The van der Waals surface area contributed by atoms with Crippen molar-refractivity contribution in [3.05, 3.63) is 38.5 Å². The van der Waals surface area contributed by atoms with E-state index in [2.05, 4.69) is 21.2 Å². The fraction of sp³-hybridized carbons (Fsp3) is 0.167. The number of primary sulfonamides is 1. The number of nitrogen functional groups attached to an aromatic ring is 1. The summed E-state index contributed by atoms with van der Waals surface area (Å²) in [4.78, 5) is 1.17. The Bertz CT molecular complexity index is 741. The number of nitrogens with two attached hydrogens (primary N) is 2. The fourth-order valence-electron chi connectivity index (χ4n) is 1.82. The highest BCUT2D eigenvalue weighted by Gasteiger charge is 2.15. The lowest BCUT2D eigenvalue weighted by Crippen LogP contribution is -2.15. The SMILES string of the molecule is Cc1c(NCc2cc(Br)cs2)cc(N)cc1S(N)(=O)=O. The molecule has 0 amide bonds. The highest BCUT2D eigenvalue weighted by atomic mass is 79.9. The van der Waals surface area contributed by atoms with Gasteiger partial charge in [-0.1, -0.05) is 0 Å². The van der Waals surface area contributed by atoms with E-state index in [1.165, 1.54) is 6.07 Å². The first kappa shape index (κ1) is 15.3. The summed E-state index contributed by atoms with van der Waals surface area (Å²) in [5.41, 5.74) is 7.32. The first-order chi connectivity index (χ1) is 9.27. The normalized spacial score (nSPS) is 11.6. The van der Waals surface area contributed by atoms with Crippen LogP contribution < -0.4 is 16.2 Å². The highest BCUT2D eigenvalue weighted by Crippen LogP contribution is 2.27. The van der Waals surface area contributed by atoms with Crippen LogP contribution in [-0.2, 0) is 16.6 Å². The molecule has 0 aliphatic rings. The molecule has 5 nitrogen and oxygen atoms in total. The molecule has 8 heteroatoms. The standard InChI is InChI=1S/C12H14BrN3O2S2/c1-7-11(16-5-10-2-8(13)6-19-10)3-9(14)4-12(7)20(15,17)18/h2-4,6,16H,5,14H2,1H3,(H2,15,17,18). The van der Waals surface area contributed by atoms with Crippen molar-refractivity contribution in [1.29, 1.82) is 0 Å². The van der Waals surface area contributed by atoms with E-state index in [9.17, 15) is 8.42 Å². The first-order valence-electron chi connectivity index (χ1n) is 5.67. The van der Waals surface area contributed by atoms with Crippen LogP contribution in [0.1, 0.15) is 10.4 Å². The predicted octanol–water partition coefficient (Wildman–Crippen LogP) is 2.66. The monoisotopic (exact) mass is 375 g/mol. The summed E-state index contributed by atoms with van der Waals surface area (Å²) >= 11 is 4.99. The third-order valence-corrected chi connectivity index (χ3v) is 5.50. The van der Waals surface area contributed by atoms with Crippen molar-refractivity contribution in [3.8, 4) is 0 Å². The van der Waals surface area contributed by atoms with Gasteiger partial charge in [0.1, 0.15) is 0 Å². The summed E-state index contributed by atoms with van der Waals surface area (Å²) in [6.45, 7) is 2.29. The van der Waals surface area contributed by atoms with Crippen LogP contribution in [0.25, 0.3) is 0 Å². The number of rotatable bonds is 4. The number of sulfonamides is 1. The van der Waals surface area contributed by atoms with E-state index in [1.54, 1.807) is 24.3 Å². The van der Waals surface area contributed by atoms with Crippen molar-refractivity contribution in [3.63, 3.8) is 0 Å². The Morgan fingerprint density at radius 2 is 2.05 bits per heavy atom. The van der Waals surface area contributed by atoms with Crippen LogP contribution in [0.2, 0.25) is 0 Å². The van der Waals surface area contributed by atoms with Gasteiger partial charge in [0.2, 0.25) is 10.0 Å². The number of hydrogen-bond donors (Lipinski definition) is 3. The van der Waals surface area contributed by atoms with Crippen LogP contribution in [0.3, 0.4) is 0 Å². The molecule has 5 N–H and O–H groups in total. The zero-order valence-corrected chi connectivity index (χ0v) is 13.9. The van der Waals surface area contributed by atoms with Crippen molar-refractivity contribution in [2.24, 2.45) is 5.14 Å². The number of anilines is 2. The van der Waals surface area contributed by atoms with Gasteiger partial charge in [0.05, 0.1) is 4.90 Å². The maximum atomic E-state index is 11.5. The average molecular weight is 376 g/mol. The maximum Gasteiger partial charge on any atom is 0.238 e. The van der Waals surface area contributed by atoms with Crippen LogP contribution >= 0.6 is 27.3 Å². The van der Waals surface area contributed by atoms with Crippen LogP contribution in [-0.4, -0.2) is 8.42 Å². The molecule has 2 rings (SSSR count). The molecule has 108 valence electrons. The summed E-state index contributed by atoms with van der Waals surface area (Å²) in [5, 5.41) is 10.4. The lowest BCUT2D eigenvalue weighted by Gasteiger charge is -2.13. The van der Waals surface area contributed by atoms with Gasteiger partial charge in [-0.05, 0) is 46.6 Å². The van der Waals surface area contributed by atoms with Crippen molar-refractivity contribution in [2.75, 3.05) is 11.1 Å². The van der Waals surface area contributed by atoms with E-state index in [1.807, 2.05) is 11.4 Å². The molecular formula is C12H14BrN3O2S2. The number of nitrogens with one attached hydrogen (secondary N) is 1. The summed E-state index contributed by atoms with van der Waals surface area (Å²) in [5.74, 6) is 0. The fourth-order valence-corrected chi connectivity index (χ4v) is 4.04. The second-order valence-electron chi connectivity index (χ2n) is 4.32. The molecule has 1 heterocycles.